The van der Waals surface area contributed by atoms with Gasteiger partial charge in [-0.25, -0.2) is 9.97 Å². The average Bonchev–Trinajstić information content (AvgIpc) is 3.05. The number of benzene rings is 1. The van der Waals surface area contributed by atoms with Gasteiger partial charge in [-0.2, -0.15) is 13.2 Å². The molecule has 1 saturated heterocycles. The summed E-state index contributed by atoms with van der Waals surface area (Å²) in [5.74, 6) is -0.134. The minimum atomic E-state index is -4.47. The summed E-state index contributed by atoms with van der Waals surface area (Å²) in [6.45, 7) is 2.13. The van der Waals surface area contributed by atoms with Crippen LogP contribution in [0.15, 0.2) is 48.7 Å². The van der Waals surface area contributed by atoms with Gasteiger partial charge in [0.2, 0.25) is 11.8 Å². The minimum Gasteiger partial charge on any atom is -0.439 e. The van der Waals surface area contributed by atoms with Crippen molar-refractivity contribution in [3.63, 3.8) is 0 Å². The van der Waals surface area contributed by atoms with E-state index in [0.717, 1.165) is 12.1 Å². The van der Waals surface area contributed by atoms with E-state index >= 15 is 0 Å². The van der Waals surface area contributed by atoms with Gasteiger partial charge in [0.15, 0.2) is 0 Å². The van der Waals surface area contributed by atoms with E-state index in [0.29, 0.717) is 29.4 Å². The predicted molar refractivity (Wildman–Crippen MR) is 105 cm³/mol. The monoisotopic (exact) mass is 430 g/mol. The van der Waals surface area contributed by atoms with E-state index in [-0.39, 0.29) is 23.9 Å². The number of hydrogen-bond acceptors (Lipinski definition) is 5. The van der Waals surface area contributed by atoms with Gasteiger partial charge in [-0.15, -0.1) is 0 Å². The van der Waals surface area contributed by atoms with Crippen LogP contribution in [0.5, 0.6) is 11.6 Å². The van der Waals surface area contributed by atoms with Crippen LogP contribution in [0, 0.1) is 0 Å². The van der Waals surface area contributed by atoms with E-state index in [1.165, 1.54) is 0 Å². The third-order valence-electron chi connectivity index (χ3n) is 4.82. The van der Waals surface area contributed by atoms with Crippen molar-refractivity contribution in [3.05, 3.63) is 59.9 Å². The first-order valence-electron chi connectivity index (χ1n) is 9.32. The topological polar surface area (TPSA) is 93.2 Å². The third kappa shape index (κ3) is 4.57. The number of hydrogen-bond donors (Lipinski definition) is 2. The molecule has 0 aliphatic carbocycles. The highest BCUT2D eigenvalue weighted by Gasteiger charge is 2.35. The molecular weight excluding hydrogens is 413 g/mol. The first-order valence-corrected chi connectivity index (χ1v) is 9.32. The maximum absolute atomic E-state index is 12.6. The summed E-state index contributed by atoms with van der Waals surface area (Å²) in [6, 6.07) is 10.1. The number of amides is 2. The SMILES string of the molecule is C[C@]1(NC(=O)c2ccc3cc(Oc4ccc(C(F)(F)F)cn4)ccc3n2)CNC(=O)C1. The molecular formula is C21H17F3N4O3. The van der Waals surface area contributed by atoms with Crippen LogP contribution < -0.4 is 15.4 Å². The Bertz CT molecular complexity index is 1160. The molecule has 0 bridgehead atoms. The third-order valence-corrected chi connectivity index (χ3v) is 4.82. The van der Waals surface area contributed by atoms with Crippen molar-refractivity contribution in [1.82, 2.24) is 20.6 Å². The number of pyridine rings is 2. The van der Waals surface area contributed by atoms with Crippen molar-refractivity contribution < 1.29 is 27.5 Å². The Hall–Kier alpha value is -3.69. The number of alkyl halides is 3. The number of aromatic nitrogens is 2. The predicted octanol–water partition coefficient (Wildman–Crippen LogP) is 3.45. The molecule has 3 aromatic rings. The van der Waals surface area contributed by atoms with Crippen LogP contribution in [-0.2, 0) is 11.0 Å². The molecule has 0 radical (unpaired) electrons. The number of fused-ring (bicyclic) bond motifs is 1. The molecule has 1 aliphatic heterocycles. The molecule has 0 saturated carbocycles. The summed E-state index contributed by atoms with van der Waals surface area (Å²) in [6.07, 6.45) is -3.56. The highest BCUT2D eigenvalue weighted by molar-refractivity contribution is 5.96. The standard InChI is InChI=1S/C21H17F3N4O3/c1-20(9-17(29)26-11-20)28-19(30)16-5-2-12-8-14(4-6-15(12)27-16)31-18-7-3-13(10-25-18)21(22,23)24/h2-8,10H,9,11H2,1H3,(H,26,29)(H,28,30)/t20-/m1/s1. The van der Waals surface area contributed by atoms with E-state index in [2.05, 4.69) is 20.6 Å². The highest BCUT2D eigenvalue weighted by atomic mass is 19.4. The zero-order valence-corrected chi connectivity index (χ0v) is 16.3. The average molecular weight is 430 g/mol. The van der Waals surface area contributed by atoms with Crippen LogP contribution >= 0.6 is 0 Å². The number of halogens is 3. The van der Waals surface area contributed by atoms with Gasteiger partial charge in [0.25, 0.3) is 5.91 Å². The lowest BCUT2D eigenvalue weighted by Gasteiger charge is -2.23. The van der Waals surface area contributed by atoms with Crippen molar-refractivity contribution in [3.8, 4) is 11.6 Å². The summed E-state index contributed by atoms with van der Waals surface area (Å²) in [4.78, 5) is 32.0. The Morgan fingerprint density at radius 2 is 2.00 bits per heavy atom. The largest absolute Gasteiger partial charge is 0.439 e. The summed E-state index contributed by atoms with van der Waals surface area (Å²) >= 11 is 0. The second-order valence-corrected chi connectivity index (χ2v) is 7.50. The molecule has 2 aromatic heterocycles. The summed E-state index contributed by atoms with van der Waals surface area (Å²) < 4.78 is 43.4. The second-order valence-electron chi connectivity index (χ2n) is 7.50. The normalized spacial score (nSPS) is 18.6. The molecule has 0 spiro atoms. The summed E-state index contributed by atoms with van der Waals surface area (Å²) in [7, 11) is 0. The van der Waals surface area contributed by atoms with Gasteiger partial charge in [0.05, 0.1) is 23.0 Å². The van der Waals surface area contributed by atoms with Crippen LogP contribution in [0.3, 0.4) is 0 Å². The van der Waals surface area contributed by atoms with Gasteiger partial charge in [-0.3, -0.25) is 9.59 Å². The van der Waals surface area contributed by atoms with Crippen LogP contribution in [0.4, 0.5) is 13.2 Å². The summed E-state index contributed by atoms with van der Waals surface area (Å²) in [5.41, 5.74) is -0.797. The smallest absolute Gasteiger partial charge is 0.417 e. The Labute approximate surface area is 174 Å². The number of rotatable bonds is 4. The molecule has 1 aromatic carbocycles. The Morgan fingerprint density at radius 3 is 2.65 bits per heavy atom. The zero-order chi connectivity index (χ0) is 22.2. The molecule has 10 heteroatoms. The van der Waals surface area contributed by atoms with Gasteiger partial charge in [-0.1, -0.05) is 6.07 Å². The molecule has 160 valence electrons. The van der Waals surface area contributed by atoms with Crippen LogP contribution in [0.2, 0.25) is 0 Å². The van der Waals surface area contributed by atoms with Crippen LogP contribution in [0.25, 0.3) is 10.9 Å². The molecule has 0 unspecified atom stereocenters. The van der Waals surface area contributed by atoms with Crippen molar-refractivity contribution in [2.24, 2.45) is 0 Å². The maximum Gasteiger partial charge on any atom is 0.417 e. The molecule has 1 atom stereocenters. The molecule has 2 amide bonds. The first-order chi connectivity index (χ1) is 14.6. The quantitative estimate of drug-likeness (QED) is 0.662. The fraction of sp³-hybridized carbons (Fsp3) is 0.238. The molecule has 3 heterocycles. The van der Waals surface area contributed by atoms with Gasteiger partial charge in [-0.05, 0) is 37.3 Å². The van der Waals surface area contributed by atoms with Crippen LogP contribution in [-0.4, -0.2) is 33.9 Å². The Morgan fingerprint density at radius 1 is 1.19 bits per heavy atom. The maximum atomic E-state index is 12.6. The van der Waals surface area contributed by atoms with E-state index in [1.54, 1.807) is 37.3 Å². The van der Waals surface area contributed by atoms with Crippen molar-refractivity contribution >= 4 is 22.7 Å². The molecule has 31 heavy (non-hydrogen) atoms. The number of nitrogens with one attached hydrogen (secondary N) is 2. The molecule has 7 nitrogen and oxygen atoms in total. The number of carbonyl (C=O) groups is 2. The van der Waals surface area contributed by atoms with Gasteiger partial charge in [0, 0.05) is 24.2 Å². The lowest BCUT2D eigenvalue weighted by atomic mass is 10.0. The molecule has 4 rings (SSSR count). The second kappa shape index (κ2) is 7.53. The van der Waals surface area contributed by atoms with Crippen molar-refractivity contribution in [1.29, 1.82) is 0 Å². The van der Waals surface area contributed by atoms with Crippen LogP contribution in [0.1, 0.15) is 29.4 Å². The minimum absolute atomic E-state index is 0.0178. The van der Waals surface area contributed by atoms with Gasteiger partial charge < -0.3 is 15.4 Å². The Kier molecular flexibility index (Phi) is 5.00. The molecule has 2 N–H and O–H groups in total. The fourth-order valence-corrected chi connectivity index (χ4v) is 3.22. The molecule has 1 aliphatic rings. The number of nitrogens with zero attached hydrogens (tertiary/aromatic N) is 2. The lowest BCUT2D eigenvalue weighted by Crippen LogP contribution is -2.47. The lowest BCUT2D eigenvalue weighted by molar-refractivity contribution is -0.137. The Balaban J connectivity index is 1.49. The first kappa shape index (κ1) is 20.6. The van der Waals surface area contributed by atoms with E-state index in [1.807, 2.05) is 0 Å². The number of ether oxygens (including phenoxy) is 1. The van der Waals surface area contributed by atoms with Crippen molar-refractivity contribution in [2.45, 2.75) is 25.1 Å². The zero-order valence-electron chi connectivity index (χ0n) is 16.3. The van der Waals surface area contributed by atoms with Crippen molar-refractivity contribution in [2.75, 3.05) is 6.54 Å². The molecule has 1 fully saturated rings. The van der Waals surface area contributed by atoms with Gasteiger partial charge in [0.1, 0.15) is 11.4 Å². The fourth-order valence-electron chi connectivity index (χ4n) is 3.22. The van der Waals surface area contributed by atoms with E-state index < -0.39 is 23.2 Å². The van der Waals surface area contributed by atoms with E-state index in [4.69, 9.17) is 4.74 Å². The highest BCUT2D eigenvalue weighted by Crippen LogP contribution is 2.30. The van der Waals surface area contributed by atoms with E-state index in [9.17, 15) is 22.8 Å². The van der Waals surface area contributed by atoms with Gasteiger partial charge >= 0.3 is 6.18 Å². The summed E-state index contributed by atoms with van der Waals surface area (Å²) in [5, 5.41) is 6.18. The number of carbonyl (C=O) groups excluding carboxylic acids is 2.